The van der Waals surface area contributed by atoms with E-state index in [-0.39, 0.29) is 11.1 Å². The summed E-state index contributed by atoms with van der Waals surface area (Å²) in [5, 5.41) is 8.99. The lowest BCUT2D eigenvalue weighted by Crippen LogP contribution is -2.24. The van der Waals surface area contributed by atoms with Crippen LogP contribution in [-0.4, -0.2) is 11.7 Å². The Hall–Kier alpha value is -2.54. The van der Waals surface area contributed by atoms with Crippen LogP contribution in [0.15, 0.2) is 41.2 Å². The number of hydrogen-bond donors (Lipinski definition) is 0. The third kappa shape index (κ3) is 2.43. The molecule has 0 fully saturated rings. The fourth-order valence-corrected chi connectivity index (χ4v) is 2.20. The molecule has 102 valence electrons. The Balaban J connectivity index is 2.71. The molecule has 0 N–H and O–H groups in total. The summed E-state index contributed by atoms with van der Waals surface area (Å²) in [6, 6.07) is 12.8. The molecule has 0 radical (unpaired) electrons. The first-order chi connectivity index (χ1) is 9.72. The van der Waals surface area contributed by atoms with Crippen molar-refractivity contribution >= 4 is 0 Å². The molecule has 4 heteroatoms. The normalized spacial score (nSPS) is 10.1. The summed E-state index contributed by atoms with van der Waals surface area (Å²) >= 11 is 0. The van der Waals surface area contributed by atoms with Gasteiger partial charge in [-0.15, -0.1) is 0 Å². The van der Waals surface area contributed by atoms with Crippen molar-refractivity contribution in [2.75, 3.05) is 7.11 Å². The fourth-order valence-electron chi connectivity index (χ4n) is 2.20. The maximum absolute atomic E-state index is 12.3. The smallest absolute Gasteiger partial charge is 0.268 e. The van der Waals surface area contributed by atoms with Gasteiger partial charge in [0.25, 0.3) is 5.56 Å². The Kier molecular flexibility index (Phi) is 4.21. The fraction of sp³-hybridized carbons (Fsp3) is 0.250. The summed E-state index contributed by atoms with van der Waals surface area (Å²) in [4.78, 5) is 12.3. The van der Waals surface area contributed by atoms with Crippen LogP contribution in [0.5, 0.6) is 5.75 Å². The average molecular weight is 268 g/mol. The number of hydrogen-bond acceptors (Lipinski definition) is 3. The second-order valence-electron chi connectivity index (χ2n) is 4.40. The minimum atomic E-state index is -0.252. The topological polar surface area (TPSA) is 55.0 Å². The Morgan fingerprint density at radius 2 is 2.00 bits per heavy atom. The van der Waals surface area contributed by atoms with E-state index in [1.54, 1.807) is 23.8 Å². The van der Waals surface area contributed by atoms with Gasteiger partial charge in [0.1, 0.15) is 17.4 Å². The van der Waals surface area contributed by atoms with Gasteiger partial charge in [0.2, 0.25) is 0 Å². The Bertz CT molecular complexity index is 711. The van der Waals surface area contributed by atoms with Crippen LogP contribution in [0, 0.1) is 11.3 Å². The molecule has 0 atom stereocenters. The van der Waals surface area contributed by atoms with Gasteiger partial charge in [0.05, 0.1) is 12.8 Å². The van der Waals surface area contributed by atoms with Crippen molar-refractivity contribution in [2.45, 2.75) is 19.9 Å². The largest absolute Gasteiger partial charge is 0.496 e. The number of aromatic nitrogens is 1. The lowest BCUT2D eigenvalue weighted by Gasteiger charge is -2.15. The van der Waals surface area contributed by atoms with Crippen LogP contribution in [-0.2, 0) is 6.54 Å². The molecule has 1 aromatic carbocycles. The maximum atomic E-state index is 12.3. The molecule has 0 unspecified atom stereocenters. The van der Waals surface area contributed by atoms with E-state index < -0.39 is 0 Å². The van der Waals surface area contributed by atoms with Crippen LogP contribution in [0.3, 0.4) is 0 Å². The zero-order valence-corrected chi connectivity index (χ0v) is 11.6. The van der Waals surface area contributed by atoms with Gasteiger partial charge in [-0.3, -0.25) is 4.79 Å². The van der Waals surface area contributed by atoms with Crippen molar-refractivity contribution in [3.8, 4) is 23.1 Å². The molecule has 0 saturated carbocycles. The summed E-state index contributed by atoms with van der Waals surface area (Å²) in [7, 11) is 1.60. The third-order valence-corrected chi connectivity index (χ3v) is 3.12. The van der Waals surface area contributed by atoms with E-state index in [1.807, 2.05) is 37.3 Å². The highest BCUT2D eigenvalue weighted by Crippen LogP contribution is 2.28. The van der Waals surface area contributed by atoms with Crippen molar-refractivity contribution in [3.05, 3.63) is 52.3 Å². The predicted molar refractivity (Wildman–Crippen MR) is 77.7 cm³/mol. The van der Waals surface area contributed by atoms with Gasteiger partial charge in [-0.1, -0.05) is 19.1 Å². The zero-order chi connectivity index (χ0) is 14.5. The molecule has 0 saturated heterocycles. The number of nitrogens with zero attached hydrogens (tertiary/aromatic N) is 2. The van der Waals surface area contributed by atoms with E-state index in [9.17, 15) is 4.79 Å². The molecule has 0 spiro atoms. The highest BCUT2D eigenvalue weighted by atomic mass is 16.5. The number of rotatable bonds is 4. The van der Waals surface area contributed by atoms with Crippen LogP contribution < -0.4 is 10.3 Å². The summed E-state index contributed by atoms with van der Waals surface area (Å²) in [5.41, 5.74) is 1.54. The third-order valence-electron chi connectivity index (χ3n) is 3.12. The van der Waals surface area contributed by atoms with Crippen molar-refractivity contribution in [2.24, 2.45) is 0 Å². The lowest BCUT2D eigenvalue weighted by molar-refractivity contribution is 0.416. The average Bonchev–Trinajstić information content (AvgIpc) is 2.49. The Morgan fingerprint density at radius 3 is 2.65 bits per heavy atom. The van der Waals surface area contributed by atoms with Gasteiger partial charge in [-0.25, -0.2) is 0 Å². The Morgan fingerprint density at radius 1 is 1.25 bits per heavy atom. The van der Waals surface area contributed by atoms with Crippen LogP contribution in [0.1, 0.15) is 18.9 Å². The van der Waals surface area contributed by atoms with Gasteiger partial charge in [-0.05, 0) is 30.7 Å². The number of para-hydroxylation sites is 1. The van der Waals surface area contributed by atoms with E-state index in [2.05, 4.69) is 0 Å². The molecule has 0 amide bonds. The SMILES string of the molecule is CCCn1c(-c2ccccc2OC)ccc(C#N)c1=O. The molecular weight excluding hydrogens is 252 g/mol. The van der Waals surface area contributed by atoms with Gasteiger partial charge < -0.3 is 9.30 Å². The van der Waals surface area contributed by atoms with Crippen LogP contribution in [0.2, 0.25) is 0 Å². The maximum Gasteiger partial charge on any atom is 0.268 e. The highest BCUT2D eigenvalue weighted by molar-refractivity contribution is 5.68. The van der Waals surface area contributed by atoms with Crippen LogP contribution in [0.4, 0.5) is 0 Å². The number of benzene rings is 1. The zero-order valence-electron chi connectivity index (χ0n) is 11.6. The van der Waals surface area contributed by atoms with E-state index in [4.69, 9.17) is 10.00 Å². The monoisotopic (exact) mass is 268 g/mol. The molecule has 0 aliphatic heterocycles. The molecule has 2 rings (SSSR count). The van der Waals surface area contributed by atoms with Crippen molar-refractivity contribution < 1.29 is 4.74 Å². The van der Waals surface area contributed by atoms with E-state index >= 15 is 0 Å². The quantitative estimate of drug-likeness (QED) is 0.856. The molecule has 4 nitrogen and oxygen atoms in total. The molecule has 20 heavy (non-hydrogen) atoms. The molecule has 0 aliphatic carbocycles. The van der Waals surface area contributed by atoms with E-state index in [0.29, 0.717) is 12.3 Å². The number of ether oxygens (including phenoxy) is 1. The second-order valence-corrected chi connectivity index (χ2v) is 4.40. The standard InChI is InChI=1S/C16H16N2O2/c1-3-10-18-14(9-8-12(11-17)16(18)19)13-6-4-5-7-15(13)20-2/h4-9H,3,10H2,1-2H3. The Labute approximate surface area is 117 Å². The summed E-state index contributed by atoms with van der Waals surface area (Å²) in [6.45, 7) is 2.57. The van der Waals surface area contributed by atoms with Crippen LogP contribution >= 0.6 is 0 Å². The first kappa shape index (κ1) is 13.9. The molecule has 0 bridgehead atoms. The van der Waals surface area contributed by atoms with Crippen molar-refractivity contribution in [1.29, 1.82) is 5.26 Å². The van der Waals surface area contributed by atoms with Gasteiger partial charge in [-0.2, -0.15) is 5.26 Å². The molecule has 0 aliphatic rings. The number of pyridine rings is 1. The molecule has 1 aromatic heterocycles. The second kappa shape index (κ2) is 6.07. The van der Waals surface area contributed by atoms with E-state index in [1.165, 1.54) is 0 Å². The van der Waals surface area contributed by atoms with E-state index in [0.717, 1.165) is 17.7 Å². The van der Waals surface area contributed by atoms with Gasteiger partial charge in [0, 0.05) is 12.1 Å². The van der Waals surface area contributed by atoms with Gasteiger partial charge in [0.15, 0.2) is 0 Å². The predicted octanol–water partition coefficient (Wildman–Crippen LogP) is 2.81. The minimum Gasteiger partial charge on any atom is -0.496 e. The lowest BCUT2D eigenvalue weighted by atomic mass is 10.1. The molecule has 1 heterocycles. The van der Waals surface area contributed by atoms with Crippen LogP contribution in [0.25, 0.3) is 11.3 Å². The van der Waals surface area contributed by atoms with Crippen molar-refractivity contribution in [1.82, 2.24) is 4.57 Å². The van der Waals surface area contributed by atoms with Crippen molar-refractivity contribution in [3.63, 3.8) is 0 Å². The number of nitriles is 1. The summed E-state index contributed by atoms with van der Waals surface area (Å²) in [5.74, 6) is 0.710. The number of methoxy groups -OCH3 is 1. The first-order valence-corrected chi connectivity index (χ1v) is 6.50. The minimum absolute atomic E-state index is 0.164. The van der Waals surface area contributed by atoms with Gasteiger partial charge >= 0.3 is 0 Å². The molecular formula is C16H16N2O2. The molecule has 2 aromatic rings. The highest BCUT2D eigenvalue weighted by Gasteiger charge is 2.12. The first-order valence-electron chi connectivity index (χ1n) is 6.50. The summed E-state index contributed by atoms with van der Waals surface area (Å²) in [6.07, 6.45) is 0.816. The summed E-state index contributed by atoms with van der Waals surface area (Å²) < 4.78 is 6.98.